The lowest BCUT2D eigenvalue weighted by Crippen LogP contribution is -2.08. The molecule has 1 heterocycles. The number of hydrogen-bond acceptors (Lipinski definition) is 6. The number of carbonyl (C=O) groups is 1. The molecule has 0 saturated heterocycles. The molecule has 0 aliphatic carbocycles. The minimum atomic E-state index is 0.0953. The van der Waals surface area contributed by atoms with Crippen molar-refractivity contribution < 1.29 is 14.3 Å². The van der Waals surface area contributed by atoms with Crippen LogP contribution in [0.4, 0.5) is 5.95 Å². The number of carbonyl (C=O) groups excluding carboxylic acids is 1. The summed E-state index contributed by atoms with van der Waals surface area (Å²) >= 11 is 0. The van der Waals surface area contributed by atoms with E-state index in [0.29, 0.717) is 30.4 Å². The van der Waals surface area contributed by atoms with Crippen LogP contribution in [-0.4, -0.2) is 36.5 Å². The number of methoxy groups -OCH3 is 2. The topological polar surface area (TPSA) is 73.3 Å². The van der Waals surface area contributed by atoms with Crippen LogP contribution in [0.5, 0.6) is 11.5 Å². The molecule has 0 amide bonds. The minimum absolute atomic E-state index is 0.0953. The number of rotatable bonds is 10. The zero-order valence-electron chi connectivity index (χ0n) is 19.3. The molecule has 4 aromatic rings. The smallest absolute Gasteiger partial charge is 0.223 e. The normalized spacial score (nSPS) is 10.5. The molecule has 0 aliphatic heterocycles. The van der Waals surface area contributed by atoms with E-state index >= 15 is 0 Å². The van der Waals surface area contributed by atoms with Gasteiger partial charge >= 0.3 is 0 Å². The van der Waals surface area contributed by atoms with E-state index in [9.17, 15) is 4.79 Å². The second-order valence-corrected chi connectivity index (χ2v) is 7.80. The molecule has 6 nitrogen and oxygen atoms in total. The van der Waals surface area contributed by atoms with E-state index in [1.807, 2.05) is 78.9 Å². The highest BCUT2D eigenvalue weighted by Gasteiger charge is 2.09. The second kappa shape index (κ2) is 11.1. The van der Waals surface area contributed by atoms with Gasteiger partial charge in [-0.3, -0.25) is 4.79 Å². The van der Waals surface area contributed by atoms with E-state index in [4.69, 9.17) is 9.47 Å². The molecule has 1 aromatic heterocycles. The van der Waals surface area contributed by atoms with Crippen molar-refractivity contribution in [3.8, 4) is 22.8 Å². The van der Waals surface area contributed by atoms with Gasteiger partial charge in [-0.05, 0) is 41.8 Å². The quantitative estimate of drug-likeness (QED) is 0.331. The number of anilines is 1. The fraction of sp³-hybridized carbons (Fsp3) is 0.179. The molecule has 6 heteroatoms. The molecule has 0 unspecified atom stereocenters. The van der Waals surface area contributed by atoms with Gasteiger partial charge in [-0.2, -0.15) is 0 Å². The predicted octanol–water partition coefficient (Wildman–Crippen LogP) is 5.24. The van der Waals surface area contributed by atoms with Gasteiger partial charge in [-0.25, -0.2) is 9.97 Å². The third-order valence-electron chi connectivity index (χ3n) is 5.48. The van der Waals surface area contributed by atoms with E-state index in [1.165, 1.54) is 0 Å². The molecular weight excluding hydrogens is 426 g/mol. The molecule has 0 radical (unpaired) electrons. The van der Waals surface area contributed by atoms with Gasteiger partial charge in [0.25, 0.3) is 0 Å². The fourth-order valence-electron chi connectivity index (χ4n) is 3.71. The Morgan fingerprint density at radius 1 is 0.853 bits per heavy atom. The van der Waals surface area contributed by atoms with Gasteiger partial charge in [0, 0.05) is 30.3 Å². The largest absolute Gasteiger partial charge is 0.493 e. The molecule has 0 aliphatic rings. The standard InChI is InChI=1S/C28H27N3O3/c1-33-26-12-11-20(19-27(26)34-2)13-15-29-28-30-16-14-24(31-28)23-10-6-7-21(17-23)18-25(32)22-8-4-3-5-9-22/h3-12,14,16-17,19H,13,15,18H2,1-2H3,(H,29,30,31). The fourth-order valence-corrected chi connectivity index (χ4v) is 3.71. The number of benzene rings is 3. The molecule has 0 bridgehead atoms. The maximum Gasteiger partial charge on any atom is 0.223 e. The van der Waals surface area contributed by atoms with Crippen LogP contribution in [0.25, 0.3) is 11.3 Å². The second-order valence-electron chi connectivity index (χ2n) is 7.80. The van der Waals surface area contributed by atoms with Crippen molar-refractivity contribution in [1.29, 1.82) is 0 Å². The van der Waals surface area contributed by atoms with Crippen LogP contribution < -0.4 is 14.8 Å². The number of ketones is 1. The highest BCUT2D eigenvalue weighted by atomic mass is 16.5. The van der Waals surface area contributed by atoms with Gasteiger partial charge in [0.2, 0.25) is 5.95 Å². The number of ether oxygens (including phenoxy) is 2. The first-order valence-corrected chi connectivity index (χ1v) is 11.1. The van der Waals surface area contributed by atoms with Crippen molar-refractivity contribution in [3.63, 3.8) is 0 Å². The summed E-state index contributed by atoms with van der Waals surface area (Å²) in [5.41, 5.74) is 4.54. The average Bonchev–Trinajstić information content (AvgIpc) is 2.89. The molecule has 0 atom stereocenters. The molecule has 1 N–H and O–H groups in total. The zero-order valence-corrected chi connectivity index (χ0v) is 19.3. The van der Waals surface area contributed by atoms with E-state index in [0.717, 1.165) is 34.4 Å². The van der Waals surface area contributed by atoms with E-state index < -0.39 is 0 Å². The number of hydrogen-bond donors (Lipinski definition) is 1. The van der Waals surface area contributed by atoms with Crippen LogP contribution >= 0.6 is 0 Å². The summed E-state index contributed by atoms with van der Waals surface area (Å²) in [5, 5.41) is 3.29. The maximum absolute atomic E-state index is 12.6. The average molecular weight is 454 g/mol. The zero-order chi connectivity index (χ0) is 23.8. The molecule has 3 aromatic carbocycles. The Kier molecular flexibility index (Phi) is 7.50. The van der Waals surface area contributed by atoms with Gasteiger partial charge in [0.1, 0.15) is 0 Å². The van der Waals surface area contributed by atoms with Crippen LogP contribution in [0.15, 0.2) is 85.1 Å². The Labute approximate surface area is 199 Å². The van der Waals surface area contributed by atoms with Gasteiger partial charge in [-0.15, -0.1) is 0 Å². The van der Waals surface area contributed by atoms with Crippen molar-refractivity contribution in [2.75, 3.05) is 26.1 Å². The number of aromatic nitrogens is 2. The minimum Gasteiger partial charge on any atom is -0.493 e. The summed E-state index contributed by atoms with van der Waals surface area (Å²) in [5.74, 6) is 2.08. The summed E-state index contributed by atoms with van der Waals surface area (Å²) < 4.78 is 10.7. The highest BCUT2D eigenvalue weighted by molar-refractivity contribution is 5.97. The van der Waals surface area contributed by atoms with E-state index in [2.05, 4.69) is 15.3 Å². The lowest BCUT2D eigenvalue weighted by molar-refractivity contribution is 0.0993. The highest BCUT2D eigenvalue weighted by Crippen LogP contribution is 2.27. The van der Waals surface area contributed by atoms with Gasteiger partial charge in [0.15, 0.2) is 17.3 Å². The van der Waals surface area contributed by atoms with Gasteiger partial charge in [-0.1, -0.05) is 54.6 Å². The summed E-state index contributed by atoms with van der Waals surface area (Å²) in [7, 11) is 3.26. The van der Waals surface area contributed by atoms with E-state index in [1.54, 1.807) is 20.4 Å². The van der Waals surface area contributed by atoms with Crippen LogP contribution in [0.2, 0.25) is 0 Å². The van der Waals surface area contributed by atoms with Crippen LogP contribution in [0.1, 0.15) is 21.5 Å². The van der Waals surface area contributed by atoms with Crippen molar-refractivity contribution in [2.24, 2.45) is 0 Å². The summed E-state index contributed by atoms with van der Waals surface area (Å²) in [6.07, 6.45) is 2.87. The van der Waals surface area contributed by atoms with Crippen molar-refractivity contribution in [3.05, 3.63) is 102 Å². The third-order valence-corrected chi connectivity index (χ3v) is 5.48. The number of nitrogens with one attached hydrogen (secondary N) is 1. The molecule has 34 heavy (non-hydrogen) atoms. The first kappa shape index (κ1) is 23.0. The Morgan fingerprint density at radius 3 is 2.47 bits per heavy atom. The predicted molar refractivity (Wildman–Crippen MR) is 134 cm³/mol. The number of nitrogens with zero attached hydrogens (tertiary/aromatic N) is 2. The molecule has 0 spiro atoms. The van der Waals surface area contributed by atoms with Gasteiger partial charge in [0.05, 0.1) is 19.9 Å². The maximum atomic E-state index is 12.6. The molecule has 4 rings (SSSR count). The Bertz CT molecular complexity index is 1260. The molecule has 0 saturated carbocycles. The first-order chi connectivity index (χ1) is 16.7. The lowest BCUT2D eigenvalue weighted by atomic mass is 10.0. The summed E-state index contributed by atoms with van der Waals surface area (Å²) in [6.45, 7) is 0.671. The summed E-state index contributed by atoms with van der Waals surface area (Å²) in [4.78, 5) is 21.6. The van der Waals surface area contributed by atoms with Crippen LogP contribution in [0, 0.1) is 0 Å². The number of Topliss-reactive ketones (excluding diaryl/α,β-unsaturated/α-hetero) is 1. The molecular formula is C28H27N3O3. The Balaban J connectivity index is 1.40. The van der Waals surface area contributed by atoms with Gasteiger partial charge < -0.3 is 14.8 Å². The molecule has 172 valence electrons. The van der Waals surface area contributed by atoms with Crippen molar-refractivity contribution in [1.82, 2.24) is 9.97 Å². The van der Waals surface area contributed by atoms with E-state index in [-0.39, 0.29) is 5.78 Å². The lowest BCUT2D eigenvalue weighted by Gasteiger charge is -2.10. The first-order valence-electron chi connectivity index (χ1n) is 11.1. The Hall–Kier alpha value is -4.19. The SMILES string of the molecule is COc1ccc(CCNc2nccc(-c3cccc(CC(=O)c4ccccc4)c3)n2)cc1OC. The Morgan fingerprint density at radius 2 is 1.68 bits per heavy atom. The summed E-state index contributed by atoms with van der Waals surface area (Å²) in [6, 6.07) is 25.0. The van der Waals surface area contributed by atoms with Crippen molar-refractivity contribution in [2.45, 2.75) is 12.8 Å². The van der Waals surface area contributed by atoms with Crippen molar-refractivity contribution >= 4 is 11.7 Å². The third kappa shape index (κ3) is 5.78. The monoisotopic (exact) mass is 453 g/mol. The van der Waals surface area contributed by atoms with Crippen LogP contribution in [-0.2, 0) is 12.8 Å². The molecule has 0 fully saturated rings. The van der Waals surface area contributed by atoms with Crippen LogP contribution in [0.3, 0.4) is 0 Å².